The van der Waals surface area contributed by atoms with Crippen LogP contribution in [0.15, 0.2) is 18.2 Å². The number of amides is 4. The molecule has 2 aliphatic rings. The van der Waals surface area contributed by atoms with Gasteiger partial charge >= 0.3 is 0 Å². The SMILES string of the molecule is CC(C)(C)OCC(=O)NCCCCOc1cccc2c1C(=O)N(C1CCC(O)NC1=O)C2=O. The molecule has 1 aromatic carbocycles. The van der Waals surface area contributed by atoms with Gasteiger partial charge < -0.3 is 25.2 Å². The van der Waals surface area contributed by atoms with Crippen LogP contribution >= 0.6 is 0 Å². The van der Waals surface area contributed by atoms with Gasteiger partial charge in [-0.05, 0) is 58.6 Å². The summed E-state index contributed by atoms with van der Waals surface area (Å²) in [5, 5.41) is 14.7. The minimum absolute atomic E-state index is 0.000764. The van der Waals surface area contributed by atoms with E-state index in [1.54, 1.807) is 12.1 Å². The van der Waals surface area contributed by atoms with Gasteiger partial charge in [0.2, 0.25) is 11.8 Å². The van der Waals surface area contributed by atoms with Crippen LogP contribution in [0.4, 0.5) is 0 Å². The van der Waals surface area contributed by atoms with E-state index >= 15 is 0 Å². The highest BCUT2D eigenvalue weighted by Gasteiger charge is 2.45. The molecule has 0 saturated carbocycles. The largest absolute Gasteiger partial charge is 0.493 e. The Labute approximate surface area is 192 Å². The van der Waals surface area contributed by atoms with Gasteiger partial charge in [0.25, 0.3) is 11.8 Å². The number of nitrogens with zero attached hydrogens (tertiary/aromatic N) is 1. The van der Waals surface area contributed by atoms with Crippen LogP contribution in [0.1, 0.15) is 67.2 Å². The number of hydrogen-bond acceptors (Lipinski definition) is 7. The number of carbonyl (C=O) groups is 4. The molecule has 0 aromatic heterocycles. The number of unbranched alkanes of at least 4 members (excludes halogenated alkanes) is 1. The van der Waals surface area contributed by atoms with E-state index < -0.39 is 30.0 Å². The Hall–Kier alpha value is -2.98. The van der Waals surface area contributed by atoms with Crippen LogP contribution < -0.4 is 15.4 Å². The summed E-state index contributed by atoms with van der Waals surface area (Å²) >= 11 is 0. The molecule has 2 unspecified atom stereocenters. The Morgan fingerprint density at radius 3 is 2.64 bits per heavy atom. The maximum absolute atomic E-state index is 13.0. The normalized spacial score (nSPS) is 20.5. The van der Waals surface area contributed by atoms with Gasteiger partial charge in [0.1, 0.15) is 24.6 Å². The van der Waals surface area contributed by atoms with Crippen LogP contribution in [0.25, 0.3) is 0 Å². The van der Waals surface area contributed by atoms with Crippen LogP contribution in [0.2, 0.25) is 0 Å². The fourth-order valence-corrected chi connectivity index (χ4v) is 3.67. The zero-order valence-electron chi connectivity index (χ0n) is 19.2. The van der Waals surface area contributed by atoms with Crippen LogP contribution in [-0.4, -0.2) is 71.3 Å². The van der Waals surface area contributed by atoms with Crippen molar-refractivity contribution in [2.75, 3.05) is 19.8 Å². The first kappa shape index (κ1) is 24.7. The average Bonchev–Trinajstić information content (AvgIpc) is 3.00. The Morgan fingerprint density at radius 2 is 1.94 bits per heavy atom. The van der Waals surface area contributed by atoms with Crippen molar-refractivity contribution in [3.63, 3.8) is 0 Å². The Bertz CT molecular complexity index is 925. The van der Waals surface area contributed by atoms with Crippen molar-refractivity contribution < 1.29 is 33.8 Å². The zero-order chi connectivity index (χ0) is 24.2. The number of imide groups is 1. The molecule has 0 bridgehead atoms. The first-order chi connectivity index (χ1) is 15.6. The van der Waals surface area contributed by atoms with Gasteiger partial charge in [-0.3, -0.25) is 24.1 Å². The molecule has 33 heavy (non-hydrogen) atoms. The van der Waals surface area contributed by atoms with Crippen molar-refractivity contribution in [3.8, 4) is 5.75 Å². The summed E-state index contributed by atoms with van der Waals surface area (Å²) in [6, 6.07) is 3.82. The molecule has 4 amide bonds. The molecule has 1 aromatic rings. The van der Waals surface area contributed by atoms with Crippen molar-refractivity contribution in [1.82, 2.24) is 15.5 Å². The van der Waals surface area contributed by atoms with E-state index in [-0.39, 0.29) is 47.8 Å². The molecule has 3 N–H and O–H groups in total. The second-order valence-corrected chi connectivity index (χ2v) is 9.08. The van der Waals surface area contributed by atoms with E-state index in [2.05, 4.69) is 10.6 Å². The number of benzene rings is 1. The summed E-state index contributed by atoms with van der Waals surface area (Å²) in [5.41, 5.74) is -0.0334. The summed E-state index contributed by atoms with van der Waals surface area (Å²) in [6.45, 7) is 6.40. The maximum atomic E-state index is 13.0. The standard InChI is InChI=1S/C23H31N3O7/c1-23(2,3)33-13-18(28)24-11-4-5-12-32-16-8-6-7-14-19(16)22(31)26(21(14)30)15-9-10-17(27)25-20(15)29/h6-8,15,17,27H,4-5,9-13H2,1-3H3,(H,24,28)(H,25,29). The molecule has 10 nitrogen and oxygen atoms in total. The molecule has 2 aliphatic heterocycles. The Morgan fingerprint density at radius 1 is 1.18 bits per heavy atom. The predicted octanol–water partition coefficient (Wildman–Crippen LogP) is 0.970. The van der Waals surface area contributed by atoms with E-state index in [4.69, 9.17) is 9.47 Å². The second-order valence-electron chi connectivity index (χ2n) is 9.08. The lowest BCUT2D eigenvalue weighted by Crippen LogP contribution is -2.55. The monoisotopic (exact) mass is 461 g/mol. The fraction of sp³-hybridized carbons (Fsp3) is 0.565. The highest BCUT2D eigenvalue weighted by atomic mass is 16.5. The van der Waals surface area contributed by atoms with Crippen LogP contribution in [-0.2, 0) is 14.3 Å². The summed E-state index contributed by atoms with van der Waals surface area (Å²) in [6.07, 6.45) is 0.768. The lowest BCUT2D eigenvalue weighted by molar-refractivity contribution is -0.131. The highest BCUT2D eigenvalue weighted by molar-refractivity contribution is 6.24. The number of aliphatic hydroxyl groups is 1. The fourth-order valence-electron chi connectivity index (χ4n) is 3.67. The van der Waals surface area contributed by atoms with Crippen molar-refractivity contribution in [2.45, 2.75) is 64.3 Å². The zero-order valence-corrected chi connectivity index (χ0v) is 19.2. The average molecular weight is 462 g/mol. The number of rotatable bonds is 9. The van der Waals surface area contributed by atoms with Gasteiger partial charge in [0.15, 0.2) is 0 Å². The van der Waals surface area contributed by atoms with Gasteiger partial charge in [0.05, 0.1) is 23.3 Å². The van der Waals surface area contributed by atoms with E-state index in [9.17, 15) is 24.3 Å². The molecule has 0 spiro atoms. The van der Waals surface area contributed by atoms with Crippen LogP contribution in [0, 0.1) is 0 Å². The first-order valence-electron chi connectivity index (χ1n) is 11.1. The van der Waals surface area contributed by atoms with Crippen molar-refractivity contribution in [1.29, 1.82) is 0 Å². The Balaban J connectivity index is 1.51. The quantitative estimate of drug-likeness (QED) is 0.368. The molecule has 2 atom stereocenters. The molecule has 180 valence electrons. The molecule has 0 radical (unpaired) electrons. The second kappa shape index (κ2) is 10.3. The minimum atomic E-state index is -0.973. The lowest BCUT2D eigenvalue weighted by Gasteiger charge is -2.31. The number of aliphatic hydroxyl groups excluding tert-OH is 1. The van der Waals surface area contributed by atoms with E-state index in [1.165, 1.54) is 6.07 Å². The summed E-state index contributed by atoms with van der Waals surface area (Å²) in [5.74, 6) is -1.58. The van der Waals surface area contributed by atoms with E-state index in [0.29, 0.717) is 26.0 Å². The van der Waals surface area contributed by atoms with E-state index in [0.717, 1.165) is 4.90 Å². The molecular formula is C23H31N3O7. The Kier molecular flexibility index (Phi) is 7.70. The van der Waals surface area contributed by atoms with E-state index in [1.807, 2.05) is 20.8 Å². The van der Waals surface area contributed by atoms with Crippen molar-refractivity contribution >= 4 is 23.6 Å². The number of ether oxygens (including phenoxy) is 2. The number of carbonyl (C=O) groups excluding carboxylic acids is 4. The summed E-state index contributed by atoms with van der Waals surface area (Å²) in [7, 11) is 0. The number of nitrogens with one attached hydrogen (secondary N) is 2. The maximum Gasteiger partial charge on any atom is 0.266 e. The molecule has 3 rings (SSSR count). The topological polar surface area (TPSA) is 134 Å². The highest BCUT2D eigenvalue weighted by Crippen LogP contribution is 2.33. The molecule has 10 heteroatoms. The molecule has 2 heterocycles. The number of fused-ring (bicyclic) bond motifs is 1. The summed E-state index contributed by atoms with van der Waals surface area (Å²) in [4.78, 5) is 50.8. The first-order valence-corrected chi connectivity index (χ1v) is 11.1. The van der Waals surface area contributed by atoms with Gasteiger partial charge in [-0.25, -0.2) is 0 Å². The minimum Gasteiger partial charge on any atom is -0.493 e. The summed E-state index contributed by atoms with van der Waals surface area (Å²) < 4.78 is 11.2. The molecule has 1 saturated heterocycles. The third-order valence-corrected chi connectivity index (χ3v) is 5.33. The molecule has 0 aliphatic carbocycles. The van der Waals surface area contributed by atoms with Gasteiger partial charge in [-0.2, -0.15) is 0 Å². The third kappa shape index (κ3) is 6.08. The number of hydrogen-bond donors (Lipinski definition) is 3. The molecular weight excluding hydrogens is 430 g/mol. The third-order valence-electron chi connectivity index (χ3n) is 5.33. The van der Waals surface area contributed by atoms with Crippen LogP contribution in [0.5, 0.6) is 5.75 Å². The van der Waals surface area contributed by atoms with Gasteiger partial charge in [-0.15, -0.1) is 0 Å². The number of piperidine rings is 1. The van der Waals surface area contributed by atoms with Crippen molar-refractivity contribution in [2.24, 2.45) is 0 Å². The smallest absolute Gasteiger partial charge is 0.266 e. The lowest BCUT2D eigenvalue weighted by atomic mass is 10.0. The molecule has 1 fully saturated rings. The predicted molar refractivity (Wildman–Crippen MR) is 118 cm³/mol. The van der Waals surface area contributed by atoms with Gasteiger partial charge in [-0.1, -0.05) is 6.07 Å². The van der Waals surface area contributed by atoms with Gasteiger partial charge in [0, 0.05) is 6.54 Å². The van der Waals surface area contributed by atoms with Crippen LogP contribution in [0.3, 0.4) is 0 Å². The van der Waals surface area contributed by atoms with Crippen molar-refractivity contribution in [3.05, 3.63) is 29.3 Å².